The van der Waals surface area contributed by atoms with Crippen molar-refractivity contribution in [1.82, 2.24) is 10.2 Å². The van der Waals surface area contributed by atoms with Gasteiger partial charge in [-0.15, -0.1) is 0 Å². The zero-order valence-electron chi connectivity index (χ0n) is 35.8. The normalized spacial score (nSPS) is 31.7. The summed E-state index contributed by atoms with van der Waals surface area (Å²) in [5.41, 5.74) is -0.248. The Morgan fingerprint density at radius 3 is 2.41 bits per heavy atom. The molecule has 316 valence electrons. The van der Waals surface area contributed by atoms with Crippen LogP contribution in [-0.4, -0.2) is 109 Å². The molecule has 3 saturated carbocycles. The number of aliphatic hydroxyl groups is 1. The zero-order valence-corrected chi connectivity index (χ0v) is 35.8. The molecule has 4 heterocycles. The number of ketones is 2. The molecule has 1 aromatic carbocycles. The van der Waals surface area contributed by atoms with Gasteiger partial charge in [0.05, 0.1) is 44.0 Å². The molecular weight excluding hydrogens is 741 g/mol. The van der Waals surface area contributed by atoms with Gasteiger partial charge in [0.25, 0.3) is 0 Å². The lowest BCUT2D eigenvalue weighted by molar-refractivity contribution is -0.216. The lowest BCUT2D eigenvalue weighted by Gasteiger charge is -2.64. The number of esters is 1. The highest BCUT2D eigenvalue weighted by atomic mass is 16.6. The fourth-order valence-electron chi connectivity index (χ4n) is 10.7. The van der Waals surface area contributed by atoms with Crippen LogP contribution >= 0.6 is 0 Å². The fourth-order valence-corrected chi connectivity index (χ4v) is 10.7. The average molecular weight is 803 g/mol. The number of allylic oxidation sites excluding steroid dienone is 4. The first-order chi connectivity index (χ1) is 27.6. The molecule has 12 heteroatoms. The molecule has 4 aliphatic heterocycles. The number of ether oxygens (including phenoxy) is 6. The molecule has 7 unspecified atom stereocenters. The molecule has 58 heavy (non-hydrogen) atoms. The number of methoxy groups -OCH3 is 1. The number of Topliss-reactive ketones (excluding diaryl/α,β-unsaturated/α-hetero) is 2. The van der Waals surface area contributed by atoms with E-state index in [1.54, 1.807) is 13.0 Å². The van der Waals surface area contributed by atoms with Crippen LogP contribution in [-0.2, 0) is 30.2 Å². The minimum Gasteiger partial charge on any atom is -0.482 e. The monoisotopic (exact) mass is 802 g/mol. The van der Waals surface area contributed by atoms with Gasteiger partial charge in [-0.3, -0.25) is 19.8 Å². The summed E-state index contributed by atoms with van der Waals surface area (Å²) < 4.78 is 39.3. The van der Waals surface area contributed by atoms with Gasteiger partial charge in [0.1, 0.15) is 35.1 Å². The smallest absolute Gasteiger partial charge is 0.333 e. The number of carbonyl (C=O) groups is 3. The zero-order chi connectivity index (χ0) is 41.8. The van der Waals surface area contributed by atoms with Crippen LogP contribution in [0.2, 0.25) is 0 Å². The molecule has 2 saturated heterocycles. The van der Waals surface area contributed by atoms with Crippen LogP contribution in [0.15, 0.2) is 41.0 Å². The van der Waals surface area contributed by atoms with E-state index < -0.39 is 46.3 Å². The number of aliphatic hydroxyl groups excluding tert-OH is 1. The van der Waals surface area contributed by atoms with Crippen LogP contribution in [0.3, 0.4) is 0 Å². The van der Waals surface area contributed by atoms with Crippen LogP contribution in [0.25, 0.3) is 6.08 Å². The molecule has 7 aliphatic rings. The average Bonchev–Trinajstić information content (AvgIpc) is 3.33. The van der Waals surface area contributed by atoms with Crippen molar-refractivity contribution >= 4 is 23.6 Å². The van der Waals surface area contributed by atoms with Crippen molar-refractivity contribution in [3.8, 4) is 17.2 Å². The third-order valence-electron chi connectivity index (χ3n) is 13.3. The maximum atomic E-state index is 16.2. The number of hydrogen-bond acceptors (Lipinski definition) is 12. The third kappa shape index (κ3) is 6.86. The van der Waals surface area contributed by atoms with Crippen LogP contribution in [0.4, 0.5) is 0 Å². The largest absolute Gasteiger partial charge is 0.482 e. The van der Waals surface area contributed by atoms with E-state index in [1.165, 1.54) is 12.7 Å². The van der Waals surface area contributed by atoms with Gasteiger partial charge in [-0.05, 0) is 93.2 Å². The highest BCUT2D eigenvalue weighted by Gasteiger charge is 2.86. The second-order valence-corrected chi connectivity index (χ2v) is 18.1. The number of hydrogen-bond donors (Lipinski definition) is 2. The minimum atomic E-state index is -1.59. The summed E-state index contributed by atoms with van der Waals surface area (Å²) in [5, 5.41) is 12.7. The molecule has 3 aliphatic carbocycles. The SMILES string of the molecule is COC(=O)/C(C)=C\CC12OC(C)(C)C3CC(C1=O)C(N1CCOCC1)C1C(=O)c4c(OCNCCO)c5c(c(CC=C(C)C)c4OC132)OC(C)(CCC=C(C)C)C=C5. The first kappa shape index (κ1) is 42.3. The number of morpholine rings is 1. The quantitative estimate of drug-likeness (QED) is 0.0758. The predicted octanol–water partition coefficient (Wildman–Crippen LogP) is 5.93. The highest BCUT2D eigenvalue weighted by Crippen LogP contribution is 2.71. The van der Waals surface area contributed by atoms with E-state index in [0.717, 1.165) is 12.0 Å². The Kier molecular flexibility index (Phi) is 11.7. The van der Waals surface area contributed by atoms with Crippen molar-refractivity contribution in [2.24, 2.45) is 17.8 Å². The van der Waals surface area contributed by atoms with Crippen molar-refractivity contribution in [1.29, 1.82) is 0 Å². The maximum Gasteiger partial charge on any atom is 0.333 e. The molecule has 7 atom stereocenters. The number of nitrogens with zero attached hydrogens (tertiary/aromatic N) is 1. The molecule has 1 aromatic rings. The maximum absolute atomic E-state index is 16.2. The lowest BCUT2D eigenvalue weighted by Crippen LogP contribution is -2.82. The van der Waals surface area contributed by atoms with Crippen LogP contribution < -0.4 is 19.5 Å². The van der Waals surface area contributed by atoms with Crippen LogP contribution in [0, 0.1) is 17.8 Å². The Hall–Kier alpha value is -3.81. The van der Waals surface area contributed by atoms with Crippen molar-refractivity contribution in [3.63, 3.8) is 0 Å². The van der Waals surface area contributed by atoms with Gasteiger partial charge in [0, 0.05) is 55.1 Å². The minimum absolute atomic E-state index is 0.0236. The van der Waals surface area contributed by atoms with Gasteiger partial charge in [0.2, 0.25) is 0 Å². The summed E-state index contributed by atoms with van der Waals surface area (Å²) in [7, 11) is 1.33. The summed E-state index contributed by atoms with van der Waals surface area (Å²) in [5.74, 6) is -1.22. The Morgan fingerprint density at radius 2 is 1.74 bits per heavy atom. The Morgan fingerprint density at radius 1 is 1.02 bits per heavy atom. The number of fused-ring (bicyclic) bond motifs is 2. The van der Waals surface area contributed by atoms with E-state index in [2.05, 4.69) is 43.1 Å². The molecule has 5 fully saturated rings. The van der Waals surface area contributed by atoms with Gasteiger partial charge < -0.3 is 33.5 Å². The van der Waals surface area contributed by atoms with Gasteiger partial charge in [-0.1, -0.05) is 29.4 Å². The summed E-state index contributed by atoms with van der Waals surface area (Å²) in [6, 6.07) is -0.479. The highest BCUT2D eigenvalue weighted by molar-refractivity contribution is 6.10. The third-order valence-corrected chi connectivity index (χ3v) is 13.3. The topological polar surface area (TPSA) is 142 Å². The van der Waals surface area contributed by atoms with Gasteiger partial charge in [-0.25, -0.2) is 4.79 Å². The Balaban J connectivity index is 1.51. The number of carbonyl (C=O) groups excluding carboxylic acids is 3. The Labute approximate surface area is 343 Å². The summed E-state index contributed by atoms with van der Waals surface area (Å²) in [6.07, 6.45) is 12.5. The van der Waals surface area contributed by atoms with E-state index in [1.807, 2.05) is 39.8 Å². The second kappa shape index (κ2) is 16.0. The summed E-state index contributed by atoms with van der Waals surface area (Å²) >= 11 is 0. The molecule has 2 N–H and O–H groups in total. The lowest BCUT2D eigenvalue weighted by atomic mass is 9.44. The predicted molar refractivity (Wildman–Crippen MR) is 219 cm³/mol. The van der Waals surface area contributed by atoms with Crippen molar-refractivity contribution in [3.05, 3.63) is 57.7 Å². The molecule has 0 amide bonds. The number of benzene rings is 1. The molecule has 0 aromatic heterocycles. The molecule has 8 rings (SSSR count). The van der Waals surface area contributed by atoms with Crippen LogP contribution in [0.5, 0.6) is 17.2 Å². The first-order valence-corrected chi connectivity index (χ1v) is 20.9. The first-order valence-electron chi connectivity index (χ1n) is 20.9. The molecule has 1 spiro atoms. The summed E-state index contributed by atoms with van der Waals surface area (Å²) in [6.45, 7) is 18.3. The Bertz CT molecular complexity index is 1950. The van der Waals surface area contributed by atoms with E-state index >= 15 is 9.59 Å². The van der Waals surface area contributed by atoms with Gasteiger partial charge in [0.15, 0.2) is 22.8 Å². The van der Waals surface area contributed by atoms with E-state index in [0.29, 0.717) is 91.6 Å². The van der Waals surface area contributed by atoms with Crippen molar-refractivity contribution in [2.45, 2.75) is 116 Å². The van der Waals surface area contributed by atoms with Gasteiger partial charge in [-0.2, -0.15) is 0 Å². The molecule has 12 nitrogen and oxygen atoms in total. The molecule has 4 bridgehead atoms. The molecular formula is C46H62N2O10. The van der Waals surface area contributed by atoms with E-state index in [-0.39, 0.29) is 37.2 Å². The standard InChI is InChI=1S/C46H62N2O10/c1-27(2)11-10-16-44(8)17-15-31-38(56-44)30(13-12-28(3)4)40-34(39(31)55-26-47-19-22-49)37(50)35-36(48-20-23-54-24-21-48)32-25-33-43(6,7)58-45(41(32)51,46(33,35)57-40)18-14-29(5)42(52)53-9/h11-12,14-15,17,32-33,35-36,47,49H,10,13,16,18-26H2,1-9H3/b29-14-. The van der Waals surface area contributed by atoms with E-state index in [9.17, 15) is 9.90 Å². The van der Waals surface area contributed by atoms with E-state index in [4.69, 9.17) is 28.4 Å². The number of nitrogens with one attached hydrogen (secondary N) is 1. The second-order valence-electron chi connectivity index (χ2n) is 18.1. The van der Waals surface area contributed by atoms with Crippen molar-refractivity contribution in [2.75, 3.05) is 53.3 Å². The van der Waals surface area contributed by atoms with Crippen LogP contribution in [0.1, 0.15) is 103 Å². The van der Waals surface area contributed by atoms with Crippen molar-refractivity contribution < 1.29 is 47.9 Å². The fraction of sp³-hybridized carbons (Fsp3) is 0.630. The van der Waals surface area contributed by atoms with Gasteiger partial charge >= 0.3 is 5.97 Å². The summed E-state index contributed by atoms with van der Waals surface area (Å²) in [4.78, 5) is 46.6. The molecule has 0 radical (unpaired) electrons. The number of rotatable bonds is 14.